The zero-order valence-electron chi connectivity index (χ0n) is 7.58. The van der Waals surface area contributed by atoms with E-state index in [0.29, 0.717) is 10.8 Å². The van der Waals surface area contributed by atoms with Crippen LogP contribution in [-0.4, -0.2) is 10.5 Å². The molecule has 0 bridgehead atoms. The molecule has 1 rings (SSSR count). The van der Waals surface area contributed by atoms with Crippen LogP contribution in [-0.2, 0) is 0 Å². The number of hydrogen-bond acceptors (Lipinski definition) is 2. The zero-order valence-corrected chi connectivity index (χ0v) is 9.15. The molecule has 3 heteroatoms. The molecular weight excluding hydrogens is 204 g/mol. The fourth-order valence-electron chi connectivity index (χ4n) is 0.964. The molecule has 0 aliphatic heterocycles. The third-order valence-electron chi connectivity index (χ3n) is 1.43. The Labute approximate surface area is 87.5 Å². The predicted molar refractivity (Wildman–Crippen MR) is 57.6 cm³/mol. The zero-order chi connectivity index (χ0) is 9.84. The van der Waals surface area contributed by atoms with Crippen LogP contribution < -0.4 is 0 Å². The highest BCUT2D eigenvalue weighted by molar-refractivity contribution is 7.99. The molecule has 0 aliphatic rings. The van der Waals surface area contributed by atoms with Gasteiger partial charge in [-0.05, 0) is 23.7 Å². The summed E-state index contributed by atoms with van der Waals surface area (Å²) in [7, 11) is 0. The molecule has 1 aromatic carbocycles. The van der Waals surface area contributed by atoms with E-state index in [1.165, 1.54) is 0 Å². The van der Waals surface area contributed by atoms with Crippen molar-refractivity contribution >= 4 is 28.6 Å². The summed E-state index contributed by atoms with van der Waals surface area (Å²) in [4.78, 5) is 11.9. The van der Waals surface area contributed by atoms with Gasteiger partial charge in [0.15, 0.2) is 0 Å². The Morgan fingerprint density at radius 2 is 2.15 bits per heavy atom. The molecule has 0 radical (unpaired) electrons. The van der Waals surface area contributed by atoms with Crippen LogP contribution in [0.15, 0.2) is 29.2 Å². The van der Waals surface area contributed by atoms with E-state index in [4.69, 9.17) is 11.6 Å². The van der Waals surface area contributed by atoms with Crippen molar-refractivity contribution in [3.63, 3.8) is 0 Å². The number of hydrogen-bond donors (Lipinski definition) is 0. The summed E-state index contributed by atoms with van der Waals surface area (Å²) in [5.74, 6) is 0. The Morgan fingerprint density at radius 1 is 1.46 bits per heavy atom. The van der Waals surface area contributed by atoms with E-state index < -0.39 is 5.24 Å². The summed E-state index contributed by atoms with van der Waals surface area (Å²) >= 11 is 7.08. The summed E-state index contributed by atoms with van der Waals surface area (Å²) in [6.45, 7) is 4.22. The average Bonchev–Trinajstić information content (AvgIpc) is 2.03. The van der Waals surface area contributed by atoms with Gasteiger partial charge in [-0.2, -0.15) is 0 Å². The van der Waals surface area contributed by atoms with E-state index in [9.17, 15) is 4.79 Å². The van der Waals surface area contributed by atoms with Crippen LogP contribution in [0.25, 0.3) is 0 Å². The summed E-state index contributed by atoms with van der Waals surface area (Å²) in [6.07, 6.45) is 0. The molecule has 0 N–H and O–H groups in total. The summed E-state index contributed by atoms with van der Waals surface area (Å²) in [6, 6.07) is 7.37. The molecule has 1 nitrogen and oxygen atoms in total. The molecule has 0 aliphatic carbocycles. The number of benzene rings is 1. The van der Waals surface area contributed by atoms with Crippen LogP contribution in [0.1, 0.15) is 24.2 Å². The fraction of sp³-hybridized carbons (Fsp3) is 0.300. The lowest BCUT2D eigenvalue weighted by Gasteiger charge is -2.04. The summed E-state index contributed by atoms with van der Waals surface area (Å²) < 4.78 is 0. The Balaban J connectivity index is 2.85. The molecule has 0 saturated heterocycles. The van der Waals surface area contributed by atoms with Crippen molar-refractivity contribution in [1.29, 1.82) is 0 Å². The van der Waals surface area contributed by atoms with E-state index >= 15 is 0 Å². The van der Waals surface area contributed by atoms with Crippen LogP contribution in [0.2, 0.25) is 0 Å². The van der Waals surface area contributed by atoms with Crippen LogP contribution in [0.4, 0.5) is 0 Å². The normalized spacial score (nSPS) is 10.5. The van der Waals surface area contributed by atoms with Crippen molar-refractivity contribution in [3.8, 4) is 0 Å². The first-order chi connectivity index (χ1) is 6.09. The molecule has 0 fully saturated rings. The van der Waals surface area contributed by atoms with Gasteiger partial charge >= 0.3 is 0 Å². The SMILES string of the molecule is CC(C)Sc1cccc(C(=O)Cl)c1. The number of carbonyl (C=O) groups excluding carboxylic acids is 1. The predicted octanol–water partition coefficient (Wildman–Crippen LogP) is 3.57. The second kappa shape index (κ2) is 4.68. The van der Waals surface area contributed by atoms with Crippen LogP contribution >= 0.6 is 23.4 Å². The van der Waals surface area contributed by atoms with E-state index in [0.717, 1.165) is 4.90 Å². The number of thioether (sulfide) groups is 1. The highest BCUT2D eigenvalue weighted by Crippen LogP contribution is 2.23. The van der Waals surface area contributed by atoms with Crippen molar-refractivity contribution in [2.24, 2.45) is 0 Å². The first kappa shape index (κ1) is 10.6. The Hall–Kier alpha value is -0.470. The molecular formula is C10H11ClOS. The average molecular weight is 215 g/mol. The number of carbonyl (C=O) groups is 1. The lowest BCUT2D eigenvalue weighted by Crippen LogP contribution is -1.90. The Morgan fingerprint density at radius 3 is 2.69 bits per heavy atom. The Bertz CT molecular complexity index is 310. The molecule has 0 amide bonds. The molecule has 0 heterocycles. The molecule has 0 unspecified atom stereocenters. The highest BCUT2D eigenvalue weighted by Gasteiger charge is 2.03. The van der Waals surface area contributed by atoms with Gasteiger partial charge in [-0.15, -0.1) is 11.8 Å². The molecule has 1 aromatic rings. The second-order valence-corrected chi connectivity index (χ2v) is 4.96. The second-order valence-electron chi connectivity index (χ2n) is 2.97. The maximum Gasteiger partial charge on any atom is 0.252 e. The van der Waals surface area contributed by atoms with E-state index in [2.05, 4.69) is 13.8 Å². The first-order valence-electron chi connectivity index (χ1n) is 4.06. The number of rotatable bonds is 3. The quantitative estimate of drug-likeness (QED) is 0.565. The van der Waals surface area contributed by atoms with Crippen molar-refractivity contribution in [2.75, 3.05) is 0 Å². The van der Waals surface area contributed by atoms with Crippen LogP contribution in [0.5, 0.6) is 0 Å². The van der Waals surface area contributed by atoms with Crippen molar-refractivity contribution < 1.29 is 4.79 Å². The van der Waals surface area contributed by atoms with Gasteiger partial charge in [0.25, 0.3) is 5.24 Å². The van der Waals surface area contributed by atoms with Gasteiger partial charge in [0, 0.05) is 15.7 Å². The van der Waals surface area contributed by atoms with Crippen molar-refractivity contribution in [2.45, 2.75) is 24.0 Å². The van der Waals surface area contributed by atoms with Gasteiger partial charge < -0.3 is 0 Å². The maximum atomic E-state index is 10.8. The minimum Gasteiger partial charge on any atom is -0.276 e. The van der Waals surface area contributed by atoms with Crippen molar-refractivity contribution in [3.05, 3.63) is 29.8 Å². The van der Waals surface area contributed by atoms with Gasteiger partial charge in [-0.1, -0.05) is 26.0 Å². The van der Waals surface area contributed by atoms with Crippen molar-refractivity contribution in [1.82, 2.24) is 0 Å². The molecule has 0 spiro atoms. The van der Waals surface area contributed by atoms with Gasteiger partial charge in [0.1, 0.15) is 0 Å². The molecule has 13 heavy (non-hydrogen) atoms. The third kappa shape index (κ3) is 3.41. The minimum atomic E-state index is -0.397. The fourth-order valence-corrected chi connectivity index (χ4v) is 1.98. The molecule has 0 saturated carbocycles. The van der Waals surface area contributed by atoms with Gasteiger partial charge in [0.2, 0.25) is 0 Å². The molecule has 70 valence electrons. The lowest BCUT2D eigenvalue weighted by atomic mass is 10.2. The number of halogens is 1. The monoisotopic (exact) mass is 214 g/mol. The first-order valence-corrected chi connectivity index (χ1v) is 5.32. The van der Waals surface area contributed by atoms with Gasteiger partial charge in [-0.25, -0.2) is 0 Å². The summed E-state index contributed by atoms with van der Waals surface area (Å²) in [5, 5.41) is 0.117. The van der Waals surface area contributed by atoms with Crippen LogP contribution in [0, 0.1) is 0 Å². The summed E-state index contributed by atoms with van der Waals surface area (Å²) in [5.41, 5.74) is 0.562. The molecule has 0 aromatic heterocycles. The minimum absolute atomic E-state index is 0.397. The largest absolute Gasteiger partial charge is 0.276 e. The highest BCUT2D eigenvalue weighted by atomic mass is 35.5. The van der Waals surface area contributed by atoms with E-state index in [-0.39, 0.29) is 0 Å². The lowest BCUT2D eigenvalue weighted by molar-refractivity contribution is 0.108. The standard InChI is InChI=1S/C10H11ClOS/c1-7(2)13-9-5-3-4-8(6-9)10(11)12/h3-7H,1-2H3. The van der Waals surface area contributed by atoms with E-state index in [1.54, 1.807) is 17.8 Å². The topological polar surface area (TPSA) is 17.1 Å². The maximum absolute atomic E-state index is 10.8. The van der Waals surface area contributed by atoms with Gasteiger partial charge in [0.05, 0.1) is 0 Å². The molecule has 0 atom stereocenters. The Kier molecular flexibility index (Phi) is 3.82. The smallest absolute Gasteiger partial charge is 0.252 e. The van der Waals surface area contributed by atoms with Crippen LogP contribution in [0.3, 0.4) is 0 Å². The van der Waals surface area contributed by atoms with E-state index in [1.807, 2.05) is 18.2 Å². The third-order valence-corrected chi connectivity index (χ3v) is 2.65. The van der Waals surface area contributed by atoms with Gasteiger partial charge in [-0.3, -0.25) is 4.79 Å².